The van der Waals surface area contributed by atoms with Gasteiger partial charge in [-0.15, -0.1) is 0 Å². The number of carbonyl (C=O) groups is 1. The molecule has 1 amide bonds. The molecule has 2 heterocycles. The van der Waals surface area contributed by atoms with Crippen LogP contribution in [-0.4, -0.2) is 42.0 Å². The van der Waals surface area contributed by atoms with Crippen LogP contribution in [0.2, 0.25) is 0 Å². The number of aromatic nitrogens is 1. The molecule has 2 rings (SSSR count). The molecule has 104 valence electrons. The van der Waals surface area contributed by atoms with E-state index in [-0.39, 0.29) is 5.91 Å². The van der Waals surface area contributed by atoms with Gasteiger partial charge in [-0.3, -0.25) is 9.78 Å². The molecule has 0 bridgehead atoms. The van der Waals surface area contributed by atoms with Crippen molar-refractivity contribution in [1.82, 2.24) is 15.2 Å². The summed E-state index contributed by atoms with van der Waals surface area (Å²) in [5.74, 6) is 1.49. The summed E-state index contributed by atoms with van der Waals surface area (Å²) in [7, 11) is 0. The average molecular weight is 261 g/mol. The molecule has 1 aromatic heterocycles. The summed E-state index contributed by atoms with van der Waals surface area (Å²) in [6.07, 6.45) is 4.59. The lowest BCUT2D eigenvalue weighted by Crippen LogP contribution is -2.42. The Kier molecular flexibility index (Phi) is 4.91. The van der Waals surface area contributed by atoms with E-state index in [1.807, 2.05) is 0 Å². The first kappa shape index (κ1) is 14.0. The molecule has 1 aliphatic rings. The molecule has 0 spiro atoms. The maximum absolute atomic E-state index is 11.8. The van der Waals surface area contributed by atoms with E-state index in [2.05, 4.69) is 29.0 Å². The van der Waals surface area contributed by atoms with E-state index in [1.54, 1.807) is 24.5 Å². The number of nitrogens with zero attached hydrogens (tertiary/aromatic N) is 2. The zero-order chi connectivity index (χ0) is 13.7. The lowest BCUT2D eigenvalue weighted by molar-refractivity contribution is 0.0936. The number of hydrogen-bond donors (Lipinski definition) is 1. The highest BCUT2D eigenvalue weighted by atomic mass is 16.1. The van der Waals surface area contributed by atoms with Crippen molar-refractivity contribution in [2.24, 2.45) is 11.8 Å². The van der Waals surface area contributed by atoms with Crippen molar-refractivity contribution < 1.29 is 4.79 Å². The molecule has 4 heteroatoms. The fraction of sp³-hybridized carbons (Fsp3) is 0.600. The van der Waals surface area contributed by atoms with E-state index in [0.29, 0.717) is 12.1 Å². The summed E-state index contributed by atoms with van der Waals surface area (Å²) in [6.45, 7) is 8.53. The van der Waals surface area contributed by atoms with E-state index < -0.39 is 0 Å². The average Bonchev–Trinajstić information content (AvgIpc) is 2.38. The molecular weight excluding hydrogens is 238 g/mol. The predicted octanol–water partition coefficient (Wildman–Crippen LogP) is 1.79. The molecule has 1 fully saturated rings. The third kappa shape index (κ3) is 4.31. The van der Waals surface area contributed by atoms with Gasteiger partial charge < -0.3 is 10.2 Å². The third-order valence-corrected chi connectivity index (χ3v) is 3.58. The Balaban J connectivity index is 1.73. The van der Waals surface area contributed by atoms with Crippen molar-refractivity contribution in [2.45, 2.75) is 20.3 Å². The lowest BCUT2D eigenvalue weighted by Gasteiger charge is -2.34. The smallest absolute Gasteiger partial charge is 0.252 e. The van der Waals surface area contributed by atoms with Gasteiger partial charge in [-0.2, -0.15) is 0 Å². The molecule has 0 saturated carbocycles. The second kappa shape index (κ2) is 6.66. The predicted molar refractivity (Wildman–Crippen MR) is 76.0 cm³/mol. The van der Waals surface area contributed by atoms with Crippen LogP contribution >= 0.6 is 0 Å². The summed E-state index contributed by atoms with van der Waals surface area (Å²) >= 11 is 0. The summed E-state index contributed by atoms with van der Waals surface area (Å²) in [4.78, 5) is 18.2. The number of pyridine rings is 1. The quantitative estimate of drug-likeness (QED) is 0.898. The summed E-state index contributed by atoms with van der Waals surface area (Å²) < 4.78 is 0. The number of likely N-dealkylation sites (tertiary alicyclic amines) is 1. The van der Waals surface area contributed by atoms with E-state index in [9.17, 15) is 4.79 Å². The van der Waals surface area contributed by atoms with Crippen LogP contribution in [0.5, 0.6) is 0 Å². The molecule has 0 aromatic carbocycles. The minimum Gasteiger partial charge on any atom is -0.351 e. The van der Waals surface area contributed by atoms with Gasteiger partial charge in [0.05, 0.1) is 5.56 Å². The van der Waals surface area contributed by atoms with Crippen LogP contribution in [0, 0.1) is 11.8 Å². The van der Waals surface area contributed by atoms with Crippen molar-refractivity contribution in [3.8, 4) is 0 Å². The largest absolute Gasteiger partial charge is 0.351 e. The fourth-order valence-electron chi connectivity index (χ4n) is 2.90. The van der Waals surface area contributed by atoms with Gasteiger partial charge in [-0.05, 0) is 30.4 Å². The van der Waals surface area contributed by atoms with Gasteiger partial charge in [0, 0.05) is 38.6 Å². The van der Waals surface area contributed by atoms with Gasteiger partial charge in [0.1, 0.15) is 0 Å². The lowest BCUT2D eigenvalue weighted by atomic mass is 9.92. The molecule has 1 N–H and O–H groups in total. The first-order chi connectivity index (χ1) is 9.15. The van der Waals surface area contributed by atoms with E-state index in [1.165, 1.54) is 6.42 Å². The molecular formula is C15H23N3O. The number of carbonyl (C=O) groups excluding carboxylic acids is 1. The molecule has 2 atom stereocenters. The first-order valence-corrected chi connectivity index (χ1v) is 7.05. The molecule has 1 aliphatic heterocycles. The van der Waals surface area contributed by atoms with Gasteiger partial charge in [0.15, 0.2) is 0 Å². The molecule has 1 aromatic rings. The molecule has 0 aliphatic carbocycles. The normalized spacial score (nSPS) is 24.1. The van der Waals surface area contributed by atoms with Crippen LogP contribution in [0.3, 0.4) is 0 Å². The van der Waals surface area contributed by atoms with Gasteiger partial charge in [-0.25, -0.2) is 0 Å². The highest BCUT2D eigenvalue weighted by Gasteiger charge is 2.21. The monoisotopic (exact) mass is 261 g/mol. The highest BCUT2D eigenvalue weighted by molar-refractivity contribution is 5.93. The SMILES string of the molecule is C[C@@H]1C[C@H](C)CN(CCNC(=O)c2cccnc2)C1. The number of nitrogens with one attached hydrogen (secondary N) is 1. The second-order valence-electron chi connectivity index (χ2n) is 5.70. The summed E-state index contributed by atoms with van der Waals surface area (Å²) in [6, 6.07) is 3.57. The minimum absolute atomic E-state index is 0.0359. The molecule has 0 radical (unpaired) electrons. The Labute approximate surface area is 115 Å². The van der Waals surface area contributed by atoms with Crippen LogP contribution in [0.4, 0.5) is 0 Å². The zero-order valence-corrected chi connectivity index (χ0v) is 11.8. The topological polar surface area (TPSA) is 45.2 Å². The number of hydrogen-bond acceptors (Lipinski definition) is 3. The van der Waals surface area contributed by atoms with Gasteiger partial charge in [-0.1, -0.05) is 13.8 Å². The summed E-state index contributed by atoms with van der Waals surface area (Å²) in [5, 5.41) is 2.96. The number of rotatable bonds is 4. The molecule has 19 heavy (non-hydrogen) atoms. The Morgan fingerprint density at radius 3 is 2.79 bits per heavy atom. The van der Waals surface area contributed by atoms with Crippen molar-refractivity contribution in [2.75, 3.05) is 26.2 Å². The van der Waals surface area contributed by atoms with Crippen molar-refractivity contribution >= 4 is 5.91 Å². The van der Waals surface area contributed by atoms with Crippen LogP contribution in [-0.2, 0) is 0 Å². The number of amides is 1. The Hall–Kier alpha value is -1.42. The molecule has 0 unspecified atom stereocenters. The third-order valence-electron chi connectivity index (χ3n) is 3.58. The standard InChI is InChI=1S/C15H23N3O/c1-12-8-13(2)11-18(10-12)7-6-17-15(19)14-4-3-5-16-9-14/h3-5,9,12-13H,6-8,10-11H2,1-2H3,(H,17,19)/t12-,13+. The fourth-order valence-corrected chi connectivity index (χ4v) is 2.90. The van der Waals surface area contributed by atoms with Gasteiger partial charge in [0.25, 0.3) is 5.91 Å². The van der Waals surface area contributed by atoms with Crippen molar-refractivity contribution in [1.29, 1.82) is 0 Å². The maximum Gasteiger partial charge on any atom is 0.252 e. The number of piperidine rings is 1. The summed E-state index contributed by atoms with van der Waals surface area (Å²) in [5.41, 5.74) is 0.628. The highest BCUT2D eigenvalue weighted by Crippen LogP contribution is 2.20. The van der Waals surface area contributed by atoms with Crippen molar-refractivity contribution in [3.05, 3.63) is 30.1 Å². The van der Waals surface area contributed by atoms with Gasteiger partial charge >= 0.3 is 0 Å². The second-order valence-corrected chi connectivity index (χ2v) is 5.70. The van der Waals surface area contributed by atoms with E-state index >= 15 is 0 Å². The first-order valence-electron chi connectivity index (χ1n) is 7.05. The Bertz CT molecular complexity index is 397. The van der Waals surface area contributed by atoms with Crippen LogP contribution in [0.25, 0.3) is 0 Å². The minimum atomic E-state index is -0.0359. The molecule has 1 saturated heterocycles. The zero-order valence-electron chi connectivity index (χ0n) is 11.8. The maximum atomic E-state index is 11.8. The van der Waals surface area contributed by atoms with Crippen LogP contribution in [0.15, 0.2) is 24.5 Å². The van der Waals surface area contributed by atoms with Crippen LogP contribution in [0.1, 0.15) is 30.6 Å². The van der Waals surface area contributed by atoms with E-state index in [0.717, 1.165) is 31.5 Å². The van der Waals surface area contributed by atoms with E-state index in [4.69, 9.17) is 0 Å². The molecule has 4 nitrogen and oxygen atoms in total. The van der Waals surface area contributed by atoms with Crippen LogP contribution < -0.4 is 5.32 Å². The van der Waals surface area contributed by atoms with Gasteiger partial charge in [0.2, 0.25) is 0 Å². The van der Waals surface area contributed by atoms with Crippen molar-refractivity contribution in [3.63, 3.8) is 0 Å². The Morgan fingerprint density at radius 1 is 1.42 bits per heavy atom. The Morgan fingerprint density at radius 2 is 2.16 bits per heavy atom.